The lowest BCUT2D eigenvalue weighted by Gasteiger charge is -2.30. The number of likely N-dealkylation sites (N-methyl/N-ethyl adjacent to an activating group) is 1. The molecule has 2 rings (SSSR count). The van der Waals surface area contributed by atoms with Crippen molar-refractivity contribution in [3.05, 3.63) is 30.1 Å². The summed E-state index contributed by atoms with van der Waals surface area (Å²) in [5.74, 6) is 0.0463. The number of carboxylic acids is 1. The van der Waals surface area contributed by atoms with Gasteiger partial charge in [0.05, 0.1) is 0 Å². The van der Waals surface area contributed by atoms with Gasteiger partial charge >= 0.3 is 5.97 Å². The van der Waals surface area contributed by atoms with Gasteiger partial charge < -0.3 is 10.4 Å². The van der Waals surface area contributed by atoms with Gasteiger partial charge in [0.15, 0.2) is 0 Å². The Morgan fingerprint density at radius 1 is 1.50 bits per heavy atom. The number of carbonyl (C=O) groups is 1. The first-order chi connectivity index (χ1) is 9.58. The monoisotopic (exact) mass is 297 g/mol. The zero-order valence-electron chi connectivity index (χ0n) is 11.6. The molecule has 110 valence electrons. The van der Waals surface area contributed by atoms with Gasteiger partial charge in [-0.25, -0.2) is 4.39 Å². The van der Waals surface area contributed by atoms with Crippen LogP contribution in [0.25, 0.3) is 0 Å². The fourth-order valence-electron chi connectivity index (χ4n) is 3.04. The van der Waals surface area contributed by atoms with Crippen LogP contribution in [0, 0.1) is 11.7 Å². The molecule has 0 spiro atoms. The minimum Gasteiger partial charge on any atom is -0.480 e. The third-order valence-electron chi connectivity index (χ3n) is 4.20. The Balaban J connectivity index is 1.90. The Labute approximate surface area is 123 Å². The number of halogens is 1. The second-order valence-corrected chi connectivity index (χ2v) is 6.38. The molecule has 1 aromatic rings. The molecule has 0 heterocycles. The van der Waals surface area contributed by atoms with E-state index in [4.69, 9.17) is 0 Å². The summed E-state index contributed by atoms with van der Waals surface area (Å²) in [5, 5.41) is 12.5. The van der Waals surface area contributed by atoms with Crippen molar-refractivity contribution in [3.63, 3.8) is 0 Å². The van der Waals surface area contributed by atoms with E-state index in [1.807, 2.05) is 0 Å². The smallest absolute Gasteiger partial charge is 0.324 e. The second-order valence-electron chi connectivity index (χ2n) is 5.21. The summed E-state index contributed by atoms with van der Waals surface area (Å²) >= 11 is 1.65. The zero-order valence-corrected chi connectivity index (χ0v) is 12.4. The maximum absolute atomic E-state index is 12.8. The summed E-state index contributed by atoms with van der Waals surface area (Å²) in [7, 11) is 1.74. The number of hydrogen-bond acceptors (Lipinski definition) is 3. The first kappa shape index (κ1) is 15.3. The van der Waals surface area contributed by atoms with E-state index in [0.717, 1.165) is 29.9 Å². The van der Waals surface area contributed by atoms with Gasteiger partial charge in [0, 0.05) is 4.90 Å². The Hall–Kier alpha value is -1.07. The normalized spacial score (nSPS) is 25.8. The first-order valence-corrected chi connectivity index (χ1v) is 7.88. The Kier molecular flexibility index (Phi) is 5.05. The number of thioether (sulfide) groups is 1. The number of benzene rings is 1. The Morgan fingerprint density at radius 3 is 2.80 bits per heavy atom. The van der Waals surface area contributed by atoms with Crippen LogP contribution in [0.4, 0.5) is 4.39 Å². The SMILES string of the molecule is CNC1(C(=O)O)CCCC1CCSc1ccc(F)cc1. The standard InChI is InChI=1S/C15H20FNO2S/c1-17-15(14(18)19)9-2-3-11(15)8-10-20-13-6-4-12(16)5-7-13/h4-7,11,17H,2-3,8-10H2,1H3,(H,18,19). The molecule has 1 saturated carbocycles. The predicted octanol–water partition coefficient (Wildman–Crippen LogP) is 3.15. The highest BCUT2D eigenvalue weighted by Gasteiger charge is 2.47. The zero-order chi connectivity index (χ0) is 14.6. The molecule has 2 atom stereocenters. The summed E-state index contributed by atoms with van der Waals surface area (Å²) < 4.78 is 12.8. The molecule has 1 fully saturated rings. The van der Waals surface area contributed by atoms with Crippen molar-refractivity contribution in [1.29, 1.82) is 0 Å². The van der Waals surface area contributed by atoms with Gasteiger partial charge in [0.25, 0.3) is 0 Å². The average Bonchev–Trinajstić information content (AvgIpc) is 2.85. The van der Waals surface area contributed by atoms with Crippen LogP contribution in [0.3, 0.4) is 0 Å². The fraction of sp³-hybridized carbons (Fsp3) is 0.533. The first-order valence-electron chi connectivity index (χ1n) is 6.89. The molecule has 5 heteroatoms. The minimum atomic E-state index is -0.761. The van der Waals surface area contributed by atoms with Gasteiger partial charge in [-0.2, -0.15) is 0 Å². The topological polar surface area (TPSA) is 49.3 Å². The van der Waals surface area contributed by atoms with Gasteiger partial charge in [-0.05, 0) is 62.2 Å². The lowest BCUT2D eigenvalue weighted by Crippen LogP contribution is -2.53. The van der Waals surface area contributed by atoms with Crippen LogP contribution in [0.15, 0.2) is 29.2 Å². The van der Waals surface area contributed by atoms with E-state index in [0.29, 0.717) is 6.42 Å². The molecule has 0 bridgehead atoms. The summed E-state index contributed by atoms with van der Waals surface area (Å²) in [4.78, 5) is 12.5. The molecule has 0 amide bonds. The second kappa shape index (κ2) is 6.59. The third kappa shape index (κ3) is 3.15. The summed E-state index contributed by atoms with van der Waals surface area (Å²) in [6, 6.07) is 6.43. The van der Waals surface area contributed by atoms with E-state index in [2.05, 4.69) is 5.32 Å². The van der Waals surface area contributed by atoms with Crippen molar-refractivity contribution in [2.75, 3.05) is 12.8 Å². The molecule has 2 N–H and O–H groups in total. The molecule has 0 saturated heterocycles. The summed E-state index contributed by atoms with van der Waals surface area (Å²) in [6.45, 7) is 0. The van der Waals surface area contributed by atoms with E-state index in [1.165, 1.54) is 12.1 Å². The summed E-state index contributed by atoms with van der Waals surface area (Å²) in [6.07, 6.45) is 3.47. The number of hydrogen-bond donors (Lipinski definition) is 2. The maximum Gasteiger partial charge on any atom is 0.324 e. The molecule has 2 unspecified atom stereocenters. The van der Waals surface area contributed by atoms with Crippen molar-refractivity contribution >= 4 is 17.7 Å². The minimum absolute atomic E-state index is 0.165. The van der Waals surface area contributed by atoms with Gasteiger partial charge in [-0.15, -0.1) is 11.8 Å². The molecule has 3 nitrogen and oxygen atoms in total. The van der Waals surface area contributed by atoms with E-state index in [1.54, 1.807) is 30.9 Å². The molecular weight excluding hydrogens is 277 g/mol. The predicted molar refractivity (Wildman–Crippen MR) is 78.5 cm³/mol. The van der Waals surface area contributed by atoms with E-state index in [-0.39, 0.29) is 11.7 Å². The van der Waals surface area contributed by atoms with Crippen molar-refractivity contribution in [1.82, 2.24) is 5.32 Å². The van der Waals surface area contributed by atoms with Crippen molar-refractivity contribution in [2.24, 2.45) is 5.92 Å². The van der Waals surface area contributed by atoms with Crippen LogP contribution >= 0.6 is 11.8 Å². The molecule has 1 aliphatic rings. The lowest BCUT2D eigenvalue weighted by atomic mass is 9.85. The number of nitrogens with one attached hydrogen (secondary N) is 1. The molecule has 1 aromatic carbocycles. The number of rotatable bonds is 6. The van der Waals surface area contributed by atoms with Gasteiger partial charge in [-0.3, -0.25) is 4.79 Å². The van der Waals surface area contributed by atoms with Crippen LogP contribution in [-0.4, -0.2) is 29.4 Å². The molecule has 0 aliphatic heterocycles. The lowest BCUT2D eigenvalue weighted by molar-refractivity contribution is -0.146. The van der Waals surface area contributed by atoms with E-state index < -0.39 is 11.5 Å². The average molecular weight is 297 g/mol. The number of aliphatic carboxylic acids is 1. The third-order valence-corrected chi connectivity index (χ3v) is 5.24. The molecule has 20 heavy (non-hydrogen) atoms. The quantitative estimate of drug-likeness (QED) is 0.792. The van der Waals surface area contributed by atoms with Gasteiger partial charge in [0.1, 0.15) is 11.4 Å². The Morgan fingerprint density at radius 2 is 2.20 bits per heavy atom. The fourth-order valence-corrected chi connectivity index (χ4v) is 4.00. The van der Waals surface area contributed by atoms with Gasteiger partial charge in [-0.1, -0.05) is 6.42 Å². The molecule has 0 radical (unpaired) electrons. The maximum atomic E-state index is 12.8. The van der Waals surface area contributed by atoms with Crippen LogP contribution in [0.2, 0.25) is 0 Å². The highest BCUT2D eigenvalue weighted by Crippen LogP contribution is 2.39. The van der Waals surface area contributed by atoms with Crippen LogP contribution in [-0.2, 0) is 4.79 Å². The van der Waals surface area contributed by atoms with Crippen molar-refractivity contribution in [3.8, 4) is 0 Å². The van der Waals surface area contributed by atoms with Crippen LogP contribution in [0.5, 0.6) is 0 Å². The van der Waals surface area contributed by atoms with Crippen LogP contribution < -0.4 is 5.32 Å². The molecule has 1 aliphatic carbocycles. The number of carboxylic acid groups (broad SMARTS) is 1. The van der Waals surface area contributed by atoms with E-state index >= 15 is 0 Å². The molecule has 0 aromatic heterocycles. The highest BCUT2D eigenvalue weighted by molar-refractivity contribution is 7.99. The summed E-state index contributed by atoms with van der Waals surface area (Å²) in [5.41, 5.74) is -0.761. The van der Waals surface area contributed by atoms with Crippen molar-refractivity contribution < 1.29 is 14.3 Å². The largest absolute Gasteiger partial charge is 0.480 e. The van der Waals surface area contributed by atoms with Gasteiger partial charge in [0.2, 0.25) is 0 Å². The highest BCUT2D eigenvalue weighted by atomic mass is 32.2. The van der Waals surface area contributed by atoms with E-state index in [9.17, 15) is 14.3 Å². The van der Waals surface area contributed by atoms with Crippen molar-refractivity contribution in [2.45, 2.75) is 36.1 Å². The van der Waals surface area contributed by atoms with Crippen LogP contribution in [0.1, 0.15) is 25.7 Å². The molecular formula is C15H20FNO2S. The Bertz CT molecular complexity index is 465.